The molecule has 0 spiro atoms. The summed E-state index contributed by atoms with van der Waals surface area (Å²) < 4.78 is 5.01. The number of carbonyl (C=O) groups is 1. The van der Waals surface area contributed by atoms with Crippen molar-refractivity contribution in [3.63, 3.8) is 0 Å². The Morgan fingerprint density at radius 2 is 1.39 bits per heavy atom. The van der Waals surface area contributed by atoms with Crippen molar-refractivity contribution in [1.82, 2.24) is 0 Å². The van der Waals surface area contributed by atoms with E-state index in [9.17, 15) is 30.3 Å². The van der Waals surface area contributed by atoms with Gasteiger partial charge in [-0.2, -0.15) is 0 Å². The lowest BCUT2D eigenvalue weighted by atomic mass is 9.87. The number of carbonyl (C=O) groups excluding carboxylic acids is 1. The summed E-state index contributed by atoms with van der Waals surface area (Å²) in [7, 11) is 0. The summed E-state index contributed by atoms with van der Waals surface area (Å²) >= 11 is 0. The number of phenolic OH excluding ortho intramolecular Hbond substituents is 4. The molecule has 196 valence electrons. The molecule has 0 radical (unpaired) electrons. The van der Waals surface area contributed by atoms with E-state index in [-0.39, 0.29) is 41.4 Å². The normalized spacial score (nSPS) is 12.5. The van der Waals surface area contributed by atoms with Crippen LogP contribution >= 0.6 is 0 Å². The Kier molecular flexibility index (Phi) is 9.99. The van der Waals surface area contributed by atoms with Crippen molar-refractivity contribution in [3.8, 4) is 23.0 Å². The van der Waals surface area contributed by atoms with Crippen molar-refractivity contribution in [2.45, 2.75) is 65.4 Å². The van der Waals surface area contributed by atoms with Gasteiger partial charge in [0.05, 0.1) is 0 Å². The third-order valence-corrected chi connectivity index (χ3v) is 6.04. The number of ether oxygens (including phenoxy) is 1. The molecule has 2 aromatic carbocycles. The fourth-order valence-corrected chi connectivity index (χ4v) is 3.80. The van der Waals surface area contributed by atoms with Crippen LogP contribution in [0.25, 0.3) is 12.2 Å². The van der Waals surface area contributed by atoms with Crippen LogP contribution in [0.5, 0.6) is 23.0 Å². The van der Waals surface area contributed by atoms with Crippen molar-refractivity contribution < 1.29 is 35.1 Å². The molecule has 7 nitrogen and oxygen atoms in total. The summed E-state index contributed by atoms with van der Waals surface area (Å²) in [6, 6.07) is 5.91. The molecule has 0 saturated heterocycles. The van der Waals surface area contributed by atoms with Gasteiger partial charge in [-0.3, -0.25) is 4.79 Å². The molecule has 0 amide bonds. The molecule has 0 saturated carbocycles. The number of aryl methyl sites for hydroxylation is 1. The standard InChI is InChI=1S/C29H38O7/c1-28(2,18-30)12-6-10-22-16-24(32)14-20(26(22)34)8-5-9-21-15-25(33)17-23(27(21)35)11-7-13-29(3,4)36-19-31/h5,7-8,11,14-17,19,30,32-35H,6,9-10,12-13,18H2,1-4H3/b8-5+,11-7+. The Labute approximate surface area is 213 Å². The summed E-state index contributed by atoms with van der Waals surface area (Å²) in [6.07, 6.45) is 9.59. The number of phenols is 4. The van der Waals surface area contributed by atoms with Gasteiger partial charge in [0.2, 0.25) is 0 Å². The molecular weight excluding hydrogens is 460 g/mol. The van der Waals surface area contributed by atoms with Gasteiger partial charge in [0, 0.05) is 29.7 Å². The molecule has 0 atom stereocenters. The van der Waals surface area contributed by atoms with Crippen molar-refractivity contribution in [2.24, 2.45) is 5.41 Å². The third kappa shape index (κ3) is 8.64. The van der Waals surface area contributed by atoms with Crippen LogP contribution in [0.4, 0.5) is 0 Å². The zero-order chi connectivity index (χ0) is 26.9. The van der Waals surface area contributed by atoms with Crippen LogP contribution in [0.15, 0.2) is 36.4 Å². The van der Waals surface area contributed by atoms with Gasteiger partial charge in [-0.15, -0.1) is 0 Å². The van der Waals surface area contributed by atoms with E-state index >= 15 is 0 Å². The number of aromatic hydroxyl groups is 4. The van der Waals surface area contributed by atoms with E-state index in [1.165, 1.54) is 18.2 Å². The average Bonchev–Trinajstić information content (AvgIpc) is 2.79. The maximum Gasteiger partial charge on any atom is 0.293 e. The molecule has 0 fully saturated rings. The molecule has 0 aliphatic rings. The summed E-state index contributed by atoms with van der Waals surface area (Å²) in [6.45, 7) is 7.97. The number of rotatable bonds is 13. The Bertz CT molecular complexity index is 1100. The molecule has 0 unspecified atom stereocenters. The highest BCUT2D eigenvalue weighted by atomic mass is 16.5. The van der Waals surface area contributed by atoms with Gasteiger partial charge in [0.1, 0.15) is 28.6 Å². The molecule has 5 N–H and O–H groups in total. The smallest absolute Gasteiger partial charge is 0.293 e. The molecule has 0 aromatic heterocycles. The first-order chi connectivity index (χ1) is 16.9. The van der Waals surface area contributed by atoms with Crippen LogP contribution in [-0.2, 0) is 22.4 Å². The minimum atomic E-state index is -0.687. The Hall–Kier alpha value is -3.45. The highest BCUT2D eigenvalue weighted by Gasteiger charge is 2.18. The molecule has 0 heterocycles. The number of hydrogen-bond acceptors (Lipinski definition) is 7. The second kappa shape index (κ2) is 12.5. The number of benzene rings is 2. The fourth-order valence-electron chi connectivity index (χ4n) is 3.80. The van der Waals surface area contributed by atoms with Crippen LogP contribution < -0.4 is 0 Å². The molecule has 0 aliphatic heterocycles. The number of allylic oxidation sites excluding steroid dienone is 1. The summed E-state index contributed by atoms with van der Waals surface area (Å²) in [4.78, 5) is 10.6. The zero-order valence-corrected chi connectivity index (χ0v) is 21.5. The predicted molar refractivity (Wildman–Crippen MR) is 141 cm³/mol. The second-order valence-corrected chi connectivity index (χ2v) is 10.4. The fraction of sp³-hybridized carbons (Fsp3) is 0.414. The molecule has 0 bridgehead atoms. The number of aliphatic hydroxyl groups excluding tert-OH is 1. The number of hydrogen-bond donors (Lipinski definition) is 5. The molecule has 36 heavy (non-hydrogen) atoms. The monoisotopic (exact) mass is 498 g/mol. The lowest BCUT2D eigenvalue weighted by molar-refractivity contribution is -0.139. The van der Waals surface area contributed by atoms with E-state index in [0.29, 0.717) is 41.6 Å². The number of aliphatic hydroxyl groups is 1. The van der Waals surface area contributed by atoms with Gasteiger partial charge in [0.25, 0.3) is 6.47 Å². The van der Waals surface area contributed by atoms with E-state index in [0.717, 1.165) is 12.8 Å². The van der Waals surface area contributed by atoms with Crippen molar-refractivity contribution in [1.29, 1.82) is 0 Å². The first-order valence-corrected chi connectivity index (χ1v) is 12.0. The van der Waals surface area contributed by atoms with Gasteiger partial charge < -0.3 is 30.3 Å². The third-order valence-electron chi connectivity index (χ3n) is 6.04. The zero-order valence-electron chi connectivity index (χ0n) is 21.5. The average molecular weight is 499 g/mol. The first kappa shape index (κ1) is 28.8. The maximum absolute atomic E-state index is 10.7. The lowest BCUT2D eigenvalue weighted by Gasteiger charge is -2.21. The molecule has 2 rings (SSSR count). The Morgan fingerprint density at radius 3 is 1.97 bits per heavy atom. The van der Waals surface area contributed by atoms with Gasteiger partial charge in [-0.05, 0) is 74.8 Å². The van der Waals surface area contributed by atoms with Crippen molar-refractivity contribution in [2.75, 3.05) is 6.61 Å². The van der Waals surface area contributed by atoms with E-state index < -0.39 is 5.60 Å². The van der Waals surface area contributed by atoms with Crippen LogP contribution in [0.2, 0.25) is 0 Å². The molecular formula is C29H38O7. The quantitative estimate of drug-likeness (QED) is 0.183. The molecule has 0 aliphatic carbocycles. The summed E-state index contributed by atoms with van der Waals surface area (Å²) in [5, 5.41) is 51.1. The van der Waals surface area contributed by atoms with Crippen LogP contribution in [0, 0.1) is 5.41 Å². The van der Waals surface area contributed by atoms with Crippen molar-refractivity contribution in [3.05, 3.63) is 58.7 Å². The minimum Gasteiger partial charge on any atom is -0.508 e. The lowest BCUT2D eigenvalue weighted by Crippen LogP contribution is -2.22. The van der Waals surface area contributed by atoms with Gasteiger partial charge >= 0.3 is 0 Å². The second-order valence-electron chi connectivity index (χ2n) is 10.4. The maximum atomic E-state index is 10.7. The van der Waals surface area contributed by atoms with Gasteiger partial charge in [0.15, 0.2) is 0 Å². The molecule has 2 aromatic rings. The minimum absolute atomic E-state index is 0.00690. The van der Waals surface area contributed by atoms with E-state index in [4.69, 9.17) is 4.74 Å². The first-order valence-electron chi connectivity index (χ1n) is 12.0. The van der Waals surface area contributed by atoms with Crippen LogP contribution in [-0.4, -0.2) is 44.2 Å². The topological polar surface area (TPSA) is 127 Å². The predicted octanol–water partition coefficient (Wildman–Crippen LogP) is 5.46. The van der Waals surface area contributed by atoms with Crippen LogP contribution in [0.3, 0.4) is 0 Å². The molecule has 7 heteroatoms. The van der Waals surface area contributed by atoms with Gasteiger partial charge in [-0.1, -0.05) is 38.2 Å². The SMILES string of the molecule is CC(C)(CO)CCCc1cc(O)cc(/C=C/Cc2cc(O)cc(/C=C/CC(C)(C)OC=O)c2O)c1O. The Balaban J connectivity index is 2.16. The van der Waals surface area contributed by atoms with Crippen LogP contribution in [0.1, 0.15) is 69.2 Å². The summed E-state index contributed by atoms with van der Waals surface area (Å²) in [5.41, 5.74) is 1.09. The van der Waals surface area contributed by atoms with Gasteiger partial charge in [-0.25, -0.2) is 0 Å². The highest BCUT2D eigenvalue weighted by Crippen LogP contribution is 2.33. The Morgan fingerprint density at radius 1 is 0.833 bits per heavy atom. The van der Waals surface area contributed by atoms with E-state index in [1.54, 1.807) is 44.2 Å². The highest BCUT2D eigenvalue weighted by molar-refractivity contribution is 5.64. The largest absolute Gasteiger partial charge is 0.508 e. The van der Waals surface area contributed by atoms with E-state index in [1.807, 2.05) is 13.8 Å². The van der Waals surface area contributed by atoms with E-state index in [2.05, 4.69) is 0 Å². The summed E-state index contributed by atoms with van der Waals surface area (Å²) in [5.74, 6) is 0.121. The van der Waals surface area contributed by atoms with Crippen molar-refractivity contribution >= 4 is 18.6 Å².